The van der Waals surface area contributed by atoms with Gasteiger partial charge in [0.2, 0.25) is 5.88 Å². The SMILES string of the molecule is Cc1cc(C2CC2)c(O[C@@H](C)C(=O)O)cc1Oc1c(C)c(C)nn1C. The number of ether oxygens (including phenoxy) is 2. The van der Waals surface area contributed by atoms with Gasteiger partial charge in [0.15, 0.2) is 6.10 Å². The molecular formula is C19H24N2O4. The predicted octanol–water partition coefficient (Wildman–Crippen LogP) is 3.87. The summed E-state index contributed by atoms with van der Waals surface area (Å²) in [6, 6.07) is 3.86. The van der Waals surface area contributed by atoms with Gasteiger partial charge in [-0.1, -0.05) is 0 Å². The van der Waals surface area contributed by atoms with E-state index in [1.165, 1.54) is 6.92 Å². The highest BCUT2D eigenvalue weighted by molar-refractivity contribution is 5.72. The van der Waals surface area contributed by atoms with E-state index >= 15 is 0 Å². The van der Waals surface area contributed by atoms with Crippen LogP contribution < -0.4 is 9.47 Å². The summed E-state index contributed by atoms with van der Waals surface area (Å²) in [6.07, 6.45) is 1.31. The van der Waals surface area contributed by atoms with Crippen molar-refractivity contribution >= 4 is 5.97 Å². The molecule has 25 heavy (non-hydrogen) atoms. The molecule has 0 bridgehead atoms. The second kappa shape index (κ2) is 6.43. The van der Waals surface area contributed by atoms with Gasteiger partial charge in [0.05, 0.1) is 5.69 Å². The lowest BCUT2D eigenvalue weighted by Crippen LogP contribution is -2.23. The zero-order valence-electron chi connectivity index (χ0n) is 15.3. The highest BCUT2D eigenvalue weighted by Crippen LogP contribution is 2.47. The minimum absolute atomic E-state index is 0.449. The fourth-order valence-corrected chi connectivity index (χ4v) is 2.85. The molecule has 2 aromatic rings. The highest BCUT2D eigenvalue weighted by Gasteiger charge is 2.29. The molecule has 1 fully saturated rings. The van der Waals surface area contributed by atoms with E-state index < -0.39 is 12.1 Å². The van der Waals surface area contributed by atoms with Crippen molar-refractivity contribution in [2.24, 2.45) is 7.05 Å². The maximum atomic E-state index is 11.2. The molecule has 1 saturated carbocycles. The van der Waals surface area contributed by atoms with E-state index in [-0.39, 0.29) is 0 Å². The molecule has 1 aromatic heterocycles. The first-order valence-corrected chi connectivity index (χ1v) is 8.50. The standard InChI is InChI=1S/C19H24N2O4/c1-10-8-15(14-6-7-14)17(24-13(4)19(22)23)9-16(10)25-18-11(2)12(3)20-21(18)5/h8-9,13-14H,6-7H2,1-5H3,(H,22,23)/t13-/m0/s1. The van der Waals surface area contributed by atoms with E-state index in [1.807, 2.05) is 33.9 Å². The minimum atomic E-state index is -0.983. The van der Waals surface area contributed by atoms with Crippen LogP contribution in [0.2, 0.25) is 0 Å². The Labute approximate surface area is 147 Å². The summed E-state index contributed by atoms with van der Waals surface area (Å²) in [5.74, 6) is 1.39. The van der Waals surface area contributed by atoms with Crippen molar-refractivity contribution in [1.82, 2.24) is 9.78 Å². The monoisotopic (exact) mass is 344 g/mol. The average molecular weight is 344 g/mol. The fourth-order valence-electron chi connectivity index (χ4n) is 2.85. The molecule has 1 N–H and O–H groups in total. The largest absolute Gasteiger partial charge is 0.479 e. The molecule has 134 valence electrons. The van der Waals surface area contributed by atoms with Crippen molar-refractivity contribution < 1.29 is 19.4 Å². The molecule has 0 amide bonds. The molecule has 0 saturated heterocycles. The van der Waals surface area contributed by atoms with Gasteiger partial charge in [-0.3, -0.25) is 0 Å². The van der Waals surface area contributed by atoms with Crippen molar-refractivity contribution in [3.05, 3.63) is 34.5 Å². The van der Waals surface area contributed by atoms with Crippen LogP contribution >= 0.6 is 0 Å². The van der Waals surface area contributed by atoms with Gasteiger partial charge in [0, 0.05) is 18.7 Å². The van der Waals surface area contributed by atoms with Crippen molar-refractivity contribution in [1.29, 1.82) is 0 Å². The average Bonchev–Trinajstić information content (AvgIpc) is 3.34. The van der Waals surface area contributed by atoms with Crippen molar-refractivity contribution in [3.8, 4) is 17.4 Å². The predicted molar refractivity (Wildman–Crippen MR) is 93.6 cm³/mol. The number of carbonyl (C=O) groups is 1. The van der Waals surface area contributed by atoms with Crippen molar-refractivity contribution in [3.63, 3.8) is 0 Å². The Morgan fingerprint density at radius 1 is 1.28 bits per heavy atom. The van der Waals surface area contributed by atoms with E-state index in [0.29, 0.717) is 23.3 Å². The number of benzene rings is 1. The van der Waals surface area contributed by atoms with Gasteiger partial charge in [0.25, 0.3) is 0 Å². The third kappa shape index (κ3) is 3.48. The number of carboxylic acid groups (broad SMARTS) is 1. The van der Waals surface area contributed by atoms with Gasteiger partial charge < -0.3 is 14.6 Å². The second-order valence-electron chi connectivity index (χ2n) is 6.77. The molecule has 1 aliphatic carbocycles. The second-order valence-corrected chi connectivity index (χ2v) is 6.77. The van der Waals surface area contributed by atoms with E-state index in [1.54, 1.807) is 4.68 Å². The lowest BCUT2D eigenvalue weighted by atomic mass is 10.1. The van der Waals surface area contributed by atoms with Gasteiger partial charge in [-0.2, -0.15) is 5.10 Å². The van der Waals surface area contributed by atoms with Crippen molar-refractivity contribution in [2.45, 2.75) is 52.6 Å². The zero-order valence-corrected chi connectivity index (χ0v) is 15.3. The maximum Gasteiger partial charge on any atom is 0.344 e. The first-order chi connectivity index (χ1) is 11.8. The summed E-state index contributed by atoms with van der Waals surface area (Å²) in [7, 11) is 1.84. The quantitative estimate of drug-likeness (QED) is 0.861. The van der Waals surface area contributed by atoms with Gasteiger partial charge in [-0.05, 0) is 63.6 Å². The van der Waals surface area contributed by atoms with Crippen LogP contribution in [0.1, 0.15) is 48.1 Å². The van der Waals surface area contributed by atoms with Gasteiger partial charge >= 0.3 is 5.97 Å². The first-order valence-electron chi connectivity index (χ1n) is 8.50. The molecule has 6 nitrogen and oxygen atoms in total. The molecule has 0 spiro atoms. The van der Waals surface area contributed by atoms with Crippen LogP contribution in [0.25, 0.3) is 0 Å². The Morgan fingerprint density at radius 3 is 2.48 bits per heavy atom. The van der Waals surface area contributed by atoms with Gasteiger partial charge in [-0.25, -0.2) is 9.48 Å². The Balaban J connectivity index is 1.97. The van der Waals surface area contributed by atoms with Crippen molar-refractivity contribution in [2.75, 3.05) is 0 Å². The van der Waals surface area contributed by atoms with Crippen LogP contribution in [0.3, 0.4) is 0 Å². The van der Waals surface area contributed by atoms with Crippen LogP contribution in [0, 0.1) is 20.8 Å². The normalized spacial score (nSPS) is 15.1. The lowest BCUT2D eigenvalue weighted by Gasteiger charge is -2.18. The molecule has 1 aliphatic rings. The van der Waals surface area contributed by atoms with Crippen LogP contribution in [0.15, 0.2) is 12.1 Å². The number of rotatable bonds is 6. The Kier molecular flexibility index (Phi) is 4.45. The lowest BCUT2D eigenvalue weighted by molar-refractivity contribution is -0.144. The number of aryl methyl sites for hydroxylation is 3. The van der Waals surface area contributed by atoms with Crippen LogP contribution in [-0.2, 0) is 11.8 Å². The Hall–Kier alpha value is -2.50. The molecule has 0 aliphatic heterocycles. The molecule has 0 unspecified atom stereocenters. The summed E-state index contributed by atoms with van der Waals surface area (Å²) in [6.45, 7) is 7.43. The summed E-state index contributed by atoms with van der Waals surface area (Å²) in [4.78, 5) is 11.2. The van der Waals surface area contributed by atoms with E-state index in [4.69, 9.17) is 14.6 Å². The molecule has 6 heteroatoms. The van der Waals surface area contributed by atoms with E-state index in [9.17, 15) is 4.79 Å². The number of carboxylic acids is 1. The Morgan fingerprint density at radius 2 is 1.96 bits per heavy atom. The summed E-state index contributed by atoms with van der Waals surface area (Å²) in [5, 5.41) is 13.5. The third-order valence-electron chi connectivity index (χ3n) is 4.64. The number of aromatic nitrogens is 2. The molecule has 0 radical (unpaired) electrons. The zero-order chi connectivity index (χ0) is 18.3. The fraction of sp³-hybridized carbons (Fsp3) is 0.474. The molecule has 1 atom stereocenters. The van der Waals surface area contributed by atoms with Crippen LogP contribution in [-0.4, -0.2) is 27.0 Å². The molecule has 1 heterocycles. The van der Waals surface area contributed by atoms with E-state index in [0.717, 1.165) is 35.2 Å². The number of hydrogen-bond donors (Lipinski definition) is 1. The third-order valence-corrected chi connectivity index (χ3v) is 4.64. The summed E-state index contributed by atoms with van der Waals surface area (Å²) in [5.41, 5.74) is 3.96. The highest BCUT2D eigenvalue weighted by atomic mass is 16.5. The molecular weight excluding hydrogens is 320 g/mol. The summed E-state index contributed by atoms with van der Waals surface area (Å²) < 4.78 is 13.5. The summed E-state index contributed by atoms with van der Waals surface area (Å²) >= 11 is 0. The first kappa shape index (κ1) is 17.3. The number of aliphatic carboxylic acids is 1. The molecule has 3 rings (SSSR count). The topological polar surface area (TPSA) is 73.6 Å². The minimum Gasteiger partial charge on any atom is -0.479 e. The van der Waals surface area contributed by atoms with E-state index in [2.05, 4.69) is 11.2 Å². The van der Waals surface area contributed by atoms with Crippen LogP contribution in [0.5, 0.6) is 17.4 Å². The van der Waals surface area contributed by atoms with Crippen LogP contribution in [0.4, 0.5) is 0 Å². The number of nitrogens with zero attached hydrogens (tertiary/aromatic N) is 2. The Bertz CT molecular complexity index is 821. The molecule has 1 aromatic carbocycles. The van der Waals surface area contributed by atoms with Gasteiger partial charge in [0.1, 0.15) is 11.5 Å². The maximum absolute atomic E-state index is 11.2. The number of hydrogen-bond acceptors (Lipinski definition) is 4. The smallest absolute Gasteiger partial charge is 0.344 e. The van der Waals surface area contributed by atoms with Gasteiger partial charge in [-0.15, -0.1) is 0 Å².